The number of carbonyl (C=O) groups excluding carboxylic acids is 1. The molecule has 0 aromatic carbocycles. The molecule has 0 radical (unpaired) electrons. The minimum absolute atomic E-state index is 0.0508. The molecule has 0 aromatic heterocycles. The number of thioether (sulfide) groups is 1. The lowest BCUT2D eigenvalue weighted by molar-refractivity contribution is -0.161. The second-order valence-corrected chi connectivity index (χ2v) is 5.94. The number of hydrogen-bond acceptors (Lipinski definition) is 5. The van der Waals surface area contributed by atoms with Crippen LogP contribution in [0.4, 0.5) is 0 Å². The van der Waals surface area contributed by atoms with Gasteiger partial charge in [0.15, 0.2) is 0 Å². The zero-order chi connectivity index (χ0) is 14.2. The van der Waals surface area contributed by atoms with Gasteiger partial charge in [-0.05, 0) is 19.1 Å². The first-order chi connectivity index (χ1) is 8.99. The van der Waals surface area contributed by atoms with Crippen molar-refractivity contribution in [3.8, 4) is 0 Å². The second-order valence-electron chi connectivity index (χ2n) is 4.75. The van der Waals surface area contributed by atoms with Gasteiger partial charge in [0, 0.05) is 17.9 Å². The molecule has 3 atom stereocenters. The first-order valence-electron chi connectivity index (χ1n) is 6.20. The second kappa shape index (κ2) is 5.52. The minimum atomic E-state index is -1.11. The quantitative estimate of drug-likeness (QED) is 0.470. The van der Waals surface area contributed by atoms with Gasteiger partial charge in [0.25, 0.3) is 0 Å². The maximum atomic E-state index is 11.9. The fourth-order valence-corrected chi connectivity index (χ4v) is 3.75. The average molecular weight is 287 g/mol. The van der Waals surface area contributed by atoms with Crippen LogP contribution in [-0.4, -0.2) is 56.6 Å². The Kier molecular flexibility index (Phi) is 4.17. The van der Waals surface area contributed by atoms with Crippen LogP contribution in [0.5, 0.6) is 0 Å². The normalized spacial score (nSPS) is 27.3. The predicted molar refractivity (Wildman–Crippen MR) is 69.2 cm³/mol. The summed E-state index contributed by atoms with van der Waals surface area (Å²) in [6.45, 7) is 1.61. The molecule has 2 aliphatic heterocycles. The Labute approximate surface area is 115 Å². The number of carboxylic acids is 1. The molecule has 2 heterocycles. The molecule has 7 heteroatoms. The summed E-state index contributed by atoms with van der Waals surface area (Å²) in [6.07, 6.45) is 0.309. The fourth-order valence-electron chi connectivity index (χ4n) is 2.62. The van der Waals surface area contributed by atoms with Gasteiger partial charge >= 0.3 is 5.97 Å². The van der Waals surface area contributed by atoms with Crippen molar-refractivity contribution in [1.29, 1.82) is 0 Å². The van der Waals surface area contributed by atoms with E-state index in [1.165, 1.54) is 16.7 Å². The van der Waals surface area contributed by atoms with E-state index < -0.39 is 18.0 Å². The van der Waals surface area contributed by atoms with E-state index in [2.05, 4.69) is 0 Å². The number of aliphatic hydroxyl groups is 2. The van der Waals surface area contributed by atoms with Crippen LogP contribution in [0.15, 0.2) is 10.6 Å². The Bertz CT molecular complexity index is 434. The van der Waals surface area contributed by atoms with Gasteiger partial charge in [-0.15, -0.1) is 11.8 Å². The van der Waals surface area contributed by atoms with E-state index in [0.29, 0.717) is 23.5 Å². The molecule has 19 heavy (non-hydrogen) atoms. The molecule has 2 rings (SSSR count). The molecule has 106 valence electrons. The topological polar surface area (TPSA) is 98.1 Å². The number of hydrogen-bond donors (Lipinski definition) is 3. The molecule has 3 N–H and O–H groups in total. The largest absolute Gasteiger partial charge is 0.477 e. The van der Waals surface area contributed by atoms with Gasteiger partial charge in [-0.1, -0.05) is 0 Å². The summed E-state index contributed by atoms with van der Waals surface area (Å²) in [5.74, 6) is -1.29. The van der Waals surface area contributed by atoms with E-state index in [-0.39, 0.29) is 24.3 Å². The Morgan fingerprint density at radius 2 is 2.26 bits per heavy atom. The summed E-state index contributed by atoms with van der Waals surface area (Å²) in [6, 6.07) is -0.227. The molecular weight excluding hydrogens is 270 g/mol. The summed E-state index contributed by atoms with van der Waals surface area (Å²) in [5.41, 5.74) is 0.0508. The maximum absolute atomic E-state index is 11.9. The number of carbonyl (C=O) groups is 2. The minimum Gasteiger partial charge on any atom is -0.477 e. The van der Waals surface area contributed by atoms with Gasteiger partial charge in [-0.25, -0.2) is 4.79 Å². The van der Waals surface area contributed by atoms with Crippen LogP contribution < -0.4 is 0 Å². The van der Waals surface area contributed by atoms with E-state index in [9.17, 15) is 19.8 Å². The van der Waals surface area contributed by atoms with Crippen LogP contribution in [0.1, 0.15) is 19.8 Å². The smallest absolute Gasteiger partial charge is 0.353 e. The molecule has 0 saturated carbocycles. The first kappa shape index (κ1) is 14.4. The summed E-state index contributed by atoms with van der Waals surface area (Å²) in [4.78, 5) is 25.1. The van der Waals surface area contributed by atoms with Crippen molar-refractivity contribution in [2.75, 3.05) is 12.4 Å². The zero-order valence-corrected chi connectivity index (χ0v) is 11.4. The third-order valence-corrected chi connectivity index (χ3v) is 4.67. The number of amides is 1. The summed E-state index contributed by atoms with van der Waals surface area (Å²) < 4.78 is 0. The van der Waals surface area contributed by atoms with E-state index in [1.54, 1.807) is 6.92 Å². The summed E-state index contributed by atoms with van der Waals surface area (Å²) >= 11 is 1.37. The van der Waals surface area contributed by atoms with Gasteiger partial charge < -0.3 is 20.2 Å². The number of carboxylic acid groups (broad SMARTS) is 1. The molecule has 3 unspecified atom stereocenters. The van der Waals surface area contributed by atoms with Crippen LogP contribution in [0.25, 0.3) is 0 Å². The molecule has 0 bridgehead atoms. The van der Waals surface area contributed by atoms with E-state index in [1.807, 2.05) is 0 Å². The monoisotopic (exact) mass is 287 g/mol. The molecule has 6 nitrogen and oxygen atoms in total. The lowest BCUT2D eigenvalue weighted by Crippen LogP contribution is -2.61. The van der Waals surface area contributed by atoms with Crippen molar-refractivity contribution < 1.29 is 24.9 Å². The number of aliphatic carboxylic acids is 1. The van der Waals surface area contributed by atoms with Crippen LogP contribution in [0, 0.1) is 5.92 Å². The van der Waals surface area contributed by atoms with Crippen molar-refractivity contribution in [3.63, 3.8) is 0 Å². The zero-order valence-electron chi connectivity index (χ0n) is 10.6. The van der Waals surface area contributed by atoms with Gasteiger partial charge in [0.1, 0.15) is 5.70 Å². The number of β-lactam (4-membered cyclic amide) rings is 1. The highest BCUT2D eigenvalue weighted by atomic mass is 32.2. The molecule has 1 amide bonds. The number of aliphatic hydroxyl groups excluding tert-OH is 2. The Hall–Kier alpha value is -1.05. The van der Waals surface area contributed by atoms with Crippen LogP contribution >= 0.6 is 11.8 Å². The third kappa shape index (κ3) is 2.37. The maximum Gasteiger partial charge on any atom is 0.353 e. The van der Waals surface area contributed by atoms with Gasteiger partial charge in [-0.2, -0.15) is 0 Å². The van der Waals surface area contributed by atoms with Crippen molar-refractivity contribution in [3.05, 3.63) is 10.6 Å². The lowest BCUT2D eigenvalue weighted by Gasteiger charge is -2.44. The highest BCUT2D eigenvalue weighted by molar-refractivity contribution is 8.03. The molecule has 0 spiro atoms. The fraction of sp³-hybridized carbons (Fsp3) is 0.667. The van der Waals surface area contributed by atoms with E-state index in [0.717, 1.165) is 0 Å². The lowest BCUT2D eigenvalue weighted by atomic mass is 9.83. The number of rotatable bonds is 6. The highest BCUT2D eigenvalue weighted by Gasteiger charge is 2.56. The SMILES string of the molecule is CC(O)C1C(=O)N2C(C(=O)O)=C(SCCCO)CC12. The van der Waals surface area contributed by atoms with Gasteiger partial charge in [0.2, 0.25) is 5.91 Å². The number of fused-ring (bicyclic) bond motifs is 1. The number of nitrogens with zero attached hydrogens (tertiary/aromatic N) is 1. The standard InChI is InChI=1S/C12H17NO5S/c1-6(15)9-7-5-8(19-4-2-3-14)10(12(17)18)13(7)11(9)16/h6-7,9,14-15H,2-5H2,1H3,(H,17,18). The molecule has 2 aliphatic rings. The summed E-state index contributed by atoms with van der Waals surface area (Å²) in [5, 5.41) is 27.5. The Balaban J connectivity index is 2.14. The average Bonchev–Trinajstić information content (AvgIpc) is 2.64. The van der Waals surface area contributed by atoms with Gasteiger partial charge in [0.05, 0.1) is 18.1 Å². The van der Waals surface area contributed by atoms with Crippen LogP contribution in [-0.2, 0) is 9.59 Å². The summed E-state index contributed by atoms with van der Waals surface area (Å²) in [7, 11) is 0. The van der Waals surface area contributed by atoms with Crippen molar-refractivity contribution in [2.45, 2.75) is 31.9 Å². The van der Waals surface area contributed by atoms with Crippen LogP contribution in [0.3, 0.4) is 0 Å². The third-order valence-electron chi connectivity index (χ3n) is 3.47. The van der Waals surface area contributed by atoms with E-state index in [4.69, 9.17) is 5.11 Å². The van der Waals surface area contributed by atoms with Crippen LogP contribution in [0.2, 0.25) is 0 Å². The van der Waals surface area contributed by atoms with Crippen molar-refractivity contribution in [2.24, 2.45) is 5.92 Å². The molecule has 1 saturated heterocycles. The Morgan fingerprint density at radius 1 is 1.58 bits per heavy atom. The van der Waals surface area contributed by atoms with E-state index >= 15 is 0 Å². The van der Waals surface area contributed by atoms with Crippen molar-refractivity contribution in [1.82, 2.24) is 4.90 Å². The first-order valence-corrected chi connectivity index (χ1v) is 7.18. The highest BCUT2D eigenvalue weighted by Crippen LogP contribution is 2.46. The molecule has 1 fully saturated rings. The van der Waals surface area contributed by atoms with Gasteiger partial charge in [-0.3, -0.25) is 4.79 Å². The van der Waals surface area contributed by atoms with Crippen molar-refractivity contribution >= 4 is 23.6 Å². The molecule has 0 aliphatic carbocycles. The Morgan fingerprint density at radius 3 is 2.79 bits per heavy atom. The molecule has 0 aromatic rings. The molecular formula is C12H17NO5S. The predicted octanol–water partition coefficient (Wildman–Crippen LogP) is 0.00970.